The van der Waals surface area contributed by atoms with Crippen LogP contribution in [0.25, 0.3) is 0 Å². The van der Waals surface area contributed by atoms with Crippen LogP contribution in [0.4, 0.5) is 0 Å². The van der Waals surface area contributed by atoms with Crippen molar-refractivity contribution in [1.29, 1.82) is 0 Å². The molecule has 0 atom stereocenters. The number of aliphatic hydroxyl groups is 2. The molecule has 22 heavy (non-hydrogen) atoms. The molecule has 4 heteroatoms. The van der Waals surface area contributed by atoms with Crippen LogP contribution in [-0.4, -0.2) is 10.2 Å². The largest absolute Gasteiger partial charge is 0.429 e. The van der Waals surface area contributed by atoms with Crippen molar-refractivity contribution >= 4 is 0 Å². The summed E-state index contributed by atoms with van der Waals surface area (Å²) in [6, 6.07) is 6.14. The van der Waals surface area contributed by atoms with E-state index in [1.807, 2.05) is 12.1 Å². The van der Waals surface area contributed by atoms with Gasteiger partial charge in [-0.2, -0.15) is 23.3 Å². The van der Waals surface area contributed by atoms with E-state index in [4.69, 9.17) is 0 Å². The molecule has 3 rings (SSSR count). The fraction of sp³-hybridized carbons (Fsp3) is 0.333. The van der Waals surface area contributed by atoms with Gasteiger partial charge in [0.15, 0.2) is 0 Å². The molecule has 0 amide bonds. The van der Waals surface area contributed by atoms with E-state index in [-0.39, 0.29) is 62.2 Å². The fourth-order valence-electron chi connectivity index (χ4n) is 3.46. The zero-order valence-electron chi connectivity index (χ0n) is 12.6. The average Bonchev–Trinajstić information content (AvgIpc) is 2.48. The van der Waals surface area contributed by atoms with Crippen LogP contribution in [0, 0.1) is 75.4 Å². The maximum atomic E-state index is 9.40. The Morgan fingerprint density at radius 3 is 2.41 bits per heavy atom. The molecule has 2 aliphatic rings. The Kier molecular flexibility index (Phi) is 9.03. The van der Waals surface area contributed by atoms with E-state index in [1.54, 1.807) is 0 Å². The van der Waals surface area contributed by atoms with Crippen molar-refractivity contribution in [3.05, 3.63) is 70.9 Å². The van der Waals surface area contributed by atoms with Crippen molar-refractivity contribution in [1.82, 2.24) is 0 Å². The topological polar surface area (TPSA) is 40.5 Å². The van der Waals surface area contributed by atoms with Crippen molar-refractivity contribution < 1.29 is 72.4 Å². The third-order valence-corrected chi connectivity index (χ3v) is 4.49. The Morgan fingerprint density at radius 1 is 0.864 bits per heavy atom. The minimum Gasteiger partial charge on any atom is -0.429 e. The summed E-state index contributed by atoms with van der Waals surface area (Å²) in [4.78, 5) is 0. The Hall–Kier alpha value is 0.464. The van der Waals surface area contributed by atoms with Crippen LogP contribution >= 0.6 is 0 Å². The second-order valence-corrected chi connectivity index (χ2v) is 5.52. The van der Waals surface area contributed by atoms with E-state index in [9.17, 15) is 10.2 Å². The number of hydrogen-bond acceptors (Lipinski definition) is 2. The van der Waals surface area contributed by atoms with Crippen LogP contribution in [0.1, 0.15) is 42.4 Å². The summed E-state index contributed by atoms with van der Waals surface area (Å²) in [5.74, 6) is 0. The van der Waals surface area contributed by atoms with Crippen molar-refractivity contribution in [3.8, 4) is 0 Å². The van der Waals surface area contributed by atoms with Crippen molar-refractivity contribution in [2.75, 3.05) is 0 Å². The van der Waals surface area contributed by atoms with Crippen LogP contribution < -0.4 is 0 Å². The van der Waals surface area contributed by atoms with Gasteiger partial charge in [-0.15, -0.1) is 28.3 Å². The first-order valence-electron chi connectivity index (χ1n) is 7.30. The summed E-state index contributed by atoms with van der Waals surface area (Å²) in [6.07, 6.45) is 8.21. The molecule has 0 radical (unpaired) electrons. The molecule has 0 bridgehead atoms. The number of rotatable bonds is 2. The molecule has 1 aromatic carbocycles. The Balaban J connectivity index is 0.00000121. The Bertz CT molecular complexity index is 576. The molecule has 0 unspecified atom stereocenters. The molecule has 1 aromatic rings. The summed E-state index contributed by atoms with van der Waals surface area (Å²) in [7, 11) is 0. The number of hydrogen-bond donors (Lipinski definition) is 2. The molecular formula is C18H20O2U2-2. The molecule has 0 saturated heterocycles. The second kappa shape index (κ2) is 9.69. The molecule has 0 aliphatic heterocycles. The second-order valence-electron chi connectivity index (χ2n) is 5.52. The van der Waals surface area contributed by atoms with E-state index >= 15 is 0 Å². The average molecular weight is 744 g/mol. The number of allylic oxidation sites excluding steroid dienone is 2. The van der Waals surface area contributed by atoms with Crippen LogP contribution in [0.3, 0.4) is 0 Å². The molecule has 2 N–H and O–H groups in total. The van der Waals surface area contributed by atoms with Gasteiger partial charge in [0.05, 0.1) is 0 Å². The Morgan fingerprint density at radius 2 is 1.68 bits per heavy atom. The molecule has 0 fully saturated rings. The van der Waals surface area contributed by atoms with Gasteiger partial charge in [0, 0.05) is 62.2 Å². The predicted molar refractivity (Wildman–Crippen MR) is 79.0 cm³/mol. The van der Waals surface area contributed by atoms with Crippen molar-refractivity contribution in [3.63, 3.8) is 0 Å². The summed E-state index contributed by atoms with van der Waals surface area (Å²) >= 11 is 0. The van der Waals surface area contributed by atoms with Gasteiger partial charge in [0.25, 0.3) is 0 Å². The van der Waals surface area contributed by atoms with Gasteiger partial charge in [0.1, 0.15) is 0 Å². The summed E-state index contributed by atoms with van der Waals surface area (Å²) in [6.45, 7) is 2.48. The SMILES string of the molecule is O[CH-]C1=CCCC2=C1CCc1cccc([CH-]O)c1CC2.[U].[U]. The molecule has 2 nitrogen and oxygen atoms in total. The number of aryl methyl sites for hydroxylation is 1. The third kappa shape index (κ3) is 4.30. The van der Waals surface area contributed by atoms with Gasteiger partial charge in [-0.25, -0.2) is 0 Å². The number of aliphatic hydroxyl groups excluding tert-OH is 2. The maximum Gasteiger partial charge on any atom is 0 e. The van der Waals surface area contributed by atoms with E-state index in [2.05, 4.69) is 12.1 Å². The molecular weight excluding hydrogens is 724 g/mol. The quantitative estimate of drug-likeness (QED) is 0.451. The van der Waals surface area contributed by atoms with E-state index < -0.39 is 0 Å². The molecule has 2 aliphatic carbocycles. The third-order valence-electron chi connectivity index (χ3n) is 4.49. The molecule has 0 spiro atoms. The normalized spacial score (nSPS) is 16.7. The van der Waals surface area contributed by atoms with Gasteiger partial charge < -0.3 is 10.2 Å². The number of benzene rings is 1. The van der Waals surface area contributed by atoms with Crippen molar-refractivity contribution in [2.45, 2.75) is 38.5 Å². The van der Waals surface area contributed by atoms with Gasteiger partial charge in [-0.1, -0.05) is 38.5 Å². The van der Waals surface area contributed by atoms with Crippen molar-refractivity contribution in [2.24, 2.45) is 0 Å². The first-order valence-corrected chi connectivity index (χ1v) is 7.30. The number of fused-ring (bicyclic) bond motifs is 1. The van der Waals surface area contributed by atoms with Gasteiger partial charge in [-0.05, 0) is 19.3 Å². The molecule has 0 saturated carbocycles. The van der Waals surface area contributed by atoms with Gasteiger partial charge in [0.2, 0.25) is 0 Å². The van der Waals surface area contributed by atoms with E-state index in [0.29, 0.717) is 0 Å². The first kappa shape index (κ1) is 20.5. The first-order chi connectivity index (χ1) is 9.83. The molecule has 0 aromatic heterocycles. The standard InChI is InChI=1S/C18H20O2.2U/c19-11-15-5-1-3-13-7-9-18-14(8-10-17(13)15)4-2-6-16(18)12-20;;/h1,3,5-6,11-12,19-20H,2,4,7-10H2;;/q-2;;. The maximum absolute atomic E-state index is 9.40. The predicted octanol–water partition coefficient (Wildman–Crippen LogP) is 4.00. The van der Waals surface area contributed by atoms with E-state index in [0.717, 1.165) is 49.7 Å². The fourth-order valence-corrected chi connectivity index (χ4v) is 3.46. The van der Waals surface area contributed by atoms with Crippen LogP contribution in [0.5, 0.6) is 0 Å². The summed E-state index contributed by atoms with van der Waals surface area (Å²) in [5.41, 5.74) is 7.38. The summed E-state index contributed by atoms with van der Waals surface area (Å²) in [5, 5.41) is 18.8. The van der Waals surface area contributed by atoms with Crippen LogP contribution in [0.2, 0.25) is 0 Å². The van der Waals surface area contributed by atoms with Gasteiger partial charge in [-0.3, -0.25) is 0 Å². The summed E-state index contributed by atoms with van der Waals surface area (Å²) < 4.78 is 0. The minimum absolute atomic E-state index is 0. The molecule has 114 valence electrons. The minimum atomic E-state index is 0. The molecule has 0 heterocycles. The van der Waals surface area contributed by atoms with Gasteiger partial charge >= 0.3 is 0 Å². The van der Waals surface area contributed by atoms with Crippen LogP contribution in [0.15, 0.2) is 41.0 Å². The zero-order chi connectivity index (χ0) is 13.9. The zero-order valence-corrected chi connectivity index (χ0v) is 20.9. The monoisotopic (exact) mass is 744 g/mol. The smallest absolute Gasteiger partial charge is 0 e. The van der Waals surface area contributed by atoms with Crippen LogP contribution in [-0.2, 0) is 12.8 Å². The van der Waals surface area contributed by atoms with E-state index in [1.165, 1.54) is 35.5 Å². The Labute approximate surface area is 180 Å².